The van der Waals surface area contributed by atoms with E-state index in [4.69, 9.17) is 4.52 Å². The molecule has 0 aliphatic heterocycles. The molecule has 0 aliphatic carbocycles. The fraction of sp³-hybridized carbons (Fsp3) is 0.625. The molecule has 0 saturated carbocycles. The van der Waals surface area contributed by atoms with Crippen LogP contribution < -0.4 is 15.5 Å². The maximum absolute atomic E-state index is 5.25. The highest BCUT2D eigenvalue weighted by atomic mass is 32.1. The number of rotatable bonds is 8. The Hall–Kier alpha value is -2.16. The molecular weight excluding hydrogens is 338 g/mol. The molecule has 2 N–H and O–H groups in total. The molecule has 25 heavy (non-hydrogen) atoms. The first-order valence-corrected chi connectivity index (χ1v) is 9.34. The van der Waals surface area contributed by atoms with Crippen LogP contribution in [0.3, 0.4) is 0 Å². The van der Waals surface area contributed by atoms with Crippen LogP contribution in [-0.4, -0.2) is 48.3 Å². The second kappa shape index (κ2) is 9.36. The first kappa shape index (κ1) is 19.2. The van der Waals surface area contributed by atoms with Gasteiger partial charge < -0.3 is 20.1 Å². The molecule has 0 spiro atoms. The van der Waals surface area contributed by atoms with Crippen LogP contribution in [0.4, 0.5) is 5.13 Å². The van der Waals surface area contributed by atoms with E-state index in [1.165, 1.54) is 0 Å². The van der Waals surface area contributed by atoms with E-state index < -0.39 is 0 Å². The van der Waals surface area contributed by atoms with Crippen molar-refractivity contribution in [2.75, 3.05) is 32.1 Å². The van der Waals surface area contributed by atoms with Crippen molar-refractivity contribution in [2.45, 2.75) is 39.7 Å². The Bertz CT molecular complexity index is 678. The lowest BCUT2D eigenvalue weighted by molar-refractivity contribution is 0.371. The molecule has 0 saturated heterocycles. The number of hydrogen-bond acceptors (Lipinski definition) is 7. The summed E-state index contributed by atoms with van der Waals surface area (Å²) in [6.45, 7) is 8.14. The summed E-state index contributed by atoms with van der Waals surface area (Å²) in [4.78, 5) is 15.5. The van der Waals surface area contributed by atoms with Crippen molar-refractivity contribution < 1.29 is 4.52 Å². The summed E-state index contributed by atoms with van der Waals surface area (Å²) in [6, 6.07) is 0. The molecule has 0 aromatic carbocycles. The molecule has 2 aromatic heterocycles. The summed E-state index contributed by atoms with van der Waals surface area (Å²) in [5.41, 5.74) is 0.962. The van der Waals surface area contributed by atoms with Gasteiger partial charge in [0.2, 0.25) is 5.89 Å². The van der Waals surface area contributed by atoms with Gasteiger partial charge in [-0.25, -0.2) is 9.98 Å². The van der Waals surface area contributed by atoms with E-state index >= 15 is 0 Å². The number of hydrogen-bond donors (Lipinski definition) is 2. The molecule has 0 aliphatic rings. The Labute approximate surface area is 152 Å². The van der Waals surface area contributed by atoms with Crippen LogP contribution in [0.1, 0.15) is 44.1 Å². The number of guanidine groups is 1. The van der Waals surface area contributed by atoms with Crippen LogP contribution in [0.25, 0.3) is 0 Å². The molecule has 0 bridgehead atoms. The number of nitrogens with zero attached hydrogens (tertiary/aromatic N) is 5. The van der Waals surface area contributed by atoms with E-state index in [1.54, 1.807) is 11.3 Å². The average Bonchev–Trinajstić information content (AvgIpc) is 3.22. The van der Waals surface area contributed by atoms with Gasteiger partial charge in [-0.1, -0.05) is 19.0 Å². The van der Waals surface area contributed by atoms with E-state index in [0.29, 0.717) is 25.4 Å². The van der Waals surface area contributed by atoms with E-state index in [-0.39, 0.29) is 5.92 Å². The lowest BCUT2D eigenvalue weighted by atomic mass is 10.2. The Kier molecular flexibility index (Phi) is 7.17. The van der Waals surface area contributed by atoms with Crippen LogP contribution in [-0.2, 0) is 13.0 Å². The van der Waals surface area contributed by atoms with E-state index in [2.05, 4.69) is 30.8 Å². The van der Waals surface area contributed by atoms with Gasteiger partial charge in [0.1, 0.15) is 0 Å². The molecule has 0 fully saturated rings. The second-order valence-corrected chi connectivity index (χ2v) is 6.93. The SMILES string of the molecule is CCNC(=NCc1csc(N(C)C)n1)NCCc1nc(C(C)C)no1. The molecule has 0 unspecified atom stereocenters. The largest absolute Gasteiger partial charge is 0.357 e. The Balaban J connectivity index is 1.86. The monoisotopic (exact) mass is 365 g/mol. The smallest absolute Gasteiger partial charge is 0.228 e. The zero-order valence-electron chi connectivity index (χ0n) is 15.5. The average molecular weight is 366 g/mol. The Morgan fingerprint density at radius 3 is 2.72 bits per heavy atom. The number of anilines is 1. The Morgan fingerprint density at radius 2 is 2.12 bits per heavy atom. The summed E-state index contributed by atoms with van der Waals surface area (Å²) in [7, 11) is 3.97. The van der Waals surface area contributed by atoms with Crippen molar-refractivity contribution in [3.05, 3.63) is 22.8 Å². The van der Waals surface area contributed by atoms with Gasteiger partial charge in [-0.2, -0.15) is 4.98 Å². The van der Waals surface area contributed by atoms with Gasteiger partial charge in [-0.3, -0.25) is 0 Å². The van der Waals surface area contributed by atoms with Gasteiger partial charge in [0.05, 0.1) is 12.2 Å². The van der Waals surface area contributed by atoms with Gasteiger partial charge >= 0.3 is 0 Å². The maximum Gasteiger partial charge on any atom is 0.228 e. The standard InChI is InChI=1S/C16H27N7OS/c1-6-17-15(19-9-12-10-25-16(20-12)23(4)5)18-8-7-13-21-14(11(2)3)22-24-13/h10-11H,6-9H2,1-5H3,(H2,17,18,19). The molecule has 8 nitrogen and oxygen atoms in total. The lowest BCUT2D eigenvalue weighted by Gasteiger charge is -2.10. The van der Waals surface area contributed by atoms with Crippen molar-refractivity contribution in [1.29, 1.82) is 0 Å². The predicted octanol–water partition coefficient (Wildman–Crippen LogP) is 2.01. The highest BCUT2D eigenvalue weighted by molar-refractivity contribution is 7.13. The fourth-order valence-corrected chi connectivity index (χ4v) is 2.72. The minimum absolute atomic E-state index is 0.273. The summed E-state index contributed by atoms with van der Waals surface area (Å²) < 4.78 is 5.25. The van der Waals surface area contributed by atoms with Crippen LogP contribution >= 0.6 is 11.3 Å². The van der Waals surface area contributed by atoms with E-state index in [0.717, 1.165) is 29.2 Å². The first-order chi connectivity index (χ1) is 12.0. The first-order valence-electron chi connectivity index (χ1n) is 8.46. The molecule has 2 aromatic rings. The highest BCUT2D eigenvalue weighted by Gasteiger charge is 2.09. The molecule has 0 radical (unpaired) electrons. The second-order valence-electron chi connectivity index (χ2n) is 6.09. The van der Waals surface area contributed by atoms with Crippen molar-refractivity contribution in [1.82, 2.24) is 25.8 Å². The van der Waals surface area contributed by atoms with Gasteiger partial charge in [0.25, 0.3) is 0 Å². The van der Waals surface area contributed by atoms with Crippen molar-refractivity contribution in [3.8, 4) is 0 Å². The van der Waals surface area contributed by atoms with Crippen molar-refractivity contribution in [2.24, 2.45) is 4.99 Å². The van der Waals surface area contributed by atoms with Gasteiger partial charge in [-0.05, 0) is 6.92 Å². The molecule has 2 rings (SSSR count). The summed E-state index contributed by atoms with van der Waals surface area (Å²) >= 11 is 1.62. The highest BCUT2D eigenvalue weighted by Crippen LogP contribution is 2.18. The number of aliphatic imine (C=N–C) groups is 1. The number of aromatic nitrogens is 3. The van der Waals surface area contributed by atoms with Crippen LogP contribution in [0, 0.1) is 0 Å². The third kappa shape index (κ3) is 6.00. The third-order valence-corrected chi connectivity index (χ3v) is 4.35. The topological polar surface area (TPSA) is 91.5 Å². The molecule has 0 amide bonds. The van der Waals surface area contributed by atoms with Crippen LogP contribution in [0.5, 0.6) is 0 Å². The quantitative estimate of drug-likeness (QED) is 0.546. The van der Waals surface area contributed by atoms with Gasteiger partial charge in [0, 0.05) is 44.9 Å². The minimum atomic E-state index is 0.273. The predicted molar refractivity (Wildman–Crippen MR) is 101 cm³/mol. The van der Waals surface area contributed by atoms with Crippen LogP contribution in [0.15, 0.2) is 14.9 Å². The molecular formula is C16H27N7OS. The van der Waals surface area contributed by atoms with E-state index in [1.807, 2.05) is 45.1 Å². The van der Waals surface area contributed by atoms with Crippen LogP contribution in [0.2, 0.25) is 0 Å². The molecule has 9 heteroatoms. The zero-order chi connectivity index (χ0) is 18.2. The summed E-state index contributed by atoms with van der Waals surface area (Å²) in [6.07, 6.45) is 0.658. The maximum atomic E-state index is 5.25. The number of nitrogens with one attached hydrogen (secondary N) is 2. The molecule has 2 heterocycles. The summed E-state index contributed by atoms with van der Waals surface area (Å²) in [5, 5.41) is 13.5. The fourth-order valence-electron chi connectivity index (χ4n) is 1.97. The van der Waals surface area contributed by atoms with Gasteiger partial charge in [0.15, 0.2) is 16.9 Å². The normalized spacial score (nSPS) is 11.8. The Morgan fingerprint density at radius 1 is 1.32 bits per heavy atom. The minimum Gasteiger partial charge on any atom is -0.357 e. The summed E-state index contributed by atoms with van der Waals surface area (Å²) in [5.74, 6) is 2.41. The van der Waals surface area contributed by atoms with Gasteiger partial charge in [-0.15, -0.1) is 11.3 Å². The van der Waals surface area contributed by atoms with E-state index in [9.17, 15) is 0 Å². The lowest BCUT2D eigenvalue weighted by Crippen LogP contribution is -2.38. The molecule has 0 atom stereocenters. The zero-order valence-corrected chi connectivity index (χ0v) is 16.4. The molecule has 138 valence electrons. The third-order valence-electron chi connectivity index (χ3n) is 3.30. The van der Waals surface area contributed by atoms with Crippen molar-refractivity contribution >= 4 is 22.4 Å². The van der Waals surface area contributed by atoms with Crippen molar-refractivity contribution in [3.63, 3.8) is 0 Å². The number of thiazole rings is 1.